The fourth-order valence-electron chi connectivity index (χ4n) is 2.46. The minimum absolute atomic E-state index is 0.199. The second-order valence-corrected chi connectivity index (χ2v) is 5.98. The van der Waals surface area contributed by atoms with Crippen molar-refractivity contribution in [3.63, 3.8) is 0 Å². The molecule has 3 rings (SSSR count). The molecule has 2 aromatic heterocycles. The van der Waals surface area contributed by atoms with Crippen LogP contribution in [0.3, 0.4) is 0 Å². The molecule has 4 N–H and O–H groups in total. The molecular weight excluding hydrogens is 346 g/mol. The largest absolute Gasteiger partial charge is 0.368 e. The molecule has 0 fully saturated rings. The third-order valence-electron chi connectivity index (χ3n) is 3.78. The van der Waals surface area contributed by atoms with Crippen LogP contribution in [-0.2, 0) is 11.8 Å². The highest BCUT2D eigenvalue weighted by Gasteiger charge is 2.10. The molecular formula is C18H19N7O2. The maximum atomic E-state index is 12.0. The van der Waals surface area contributed by atoms with E-state index in [9.17, 15) is 9.59 Å². The number of nitrogens with one attached hydrogen (secondary N) is 2. The number of rotatable bonds is 6. The van der Waals surface area contributed by atoms with Crippen molar-refractivity contribution in [3.8, 4) is 11.3 Å². The molecule has 0 spiro atoms. The van der Waals surface area contributed by atoms with E-state index in [4.69, 9.17) is 5.73 Å². The predicted octanol–water partition coefficient (Wildman–Crippen LogP) is 1.14. The number of amides is 2. The van der Waals surface area contributed by atoms with Gasteiger partial charge in [-0.15, -0.1) is 0 Å². The van der Waals surface area contributed by atoms with Crippen LogP contribution in [0.4, 0.5) is 11.6 Å². The molecule has 2 heterocycles. The van der Waals surface area contributed by atoms with Gasteiger partial charge in [-0.1, -0.05) is 12.1 Å². The number of benzene rings is 1. The molecule has 1 aromatic carbocycles. The zero-order valence-electron chi connectivity index (χ0n) is 14.9. The van der Waals surface area contributed by atoms with Gasteiger partial charge in [0.25, 0.3) is 5.91 Å². The van der Waals surface area contributed by atoms with E-state index < -0.39 is 5.91 Å². The van der Waals surface area contributed by atoms with Crippen molar-refractivity contribution in [2.45, 2.75) is 6.92 Å². The van der Waals surface area contributed by atoms with E-state index in [2.05, 4.69) is 25.7 Å². The maximum Gasteiger partial charge on any atom is 0.251 e. The van der Waals surface area contributed by atoms with Crippen LogP contribution in [0, 0.1) is 6.92 Å². The molecule has 0 radical (unpaired) electrons. The van der Waals surface area contributed by atoms with Crippen molar-refractivity contribution in [1.82, 2.24) is 25.1 Å². The van der Waals surface area contributed by atoms with E-state index in [1.54, 1.807) is 41.3 Å². The standard InChI is InChI=1S/C18H19N7O2/c1-11-7-21-18(23-14-8-22-25(2)10-14)24-16(11)12-3-5-13(6-4-12)17(27)20-9-15(19)26/h3-8,10H,9H2,1-2H3,(H2,19,26)(H,20,27)(H,21,23,24). The second-order valence-electron chi connectivity index (χ2n) is 5.98. The van der Waals surface area contributed by atoms with E-state index in [0.717, 1.165) is 22.5 Å². The minimum Gasteiger partial charge on any atom is -0.368 e. The van der Waals surface area contributed by atoms with Gasteiger partial charge in [-0.25, -0.2) is 9.97 Å². The fraction of sp³-hybridized carbons (Fsp3) is 0.167. The summed E-state index contributed by atoms with van der Waals surface area (Å²) in [5.41, 5.74) is 8.74. The third kappa shape index (κ3) is 4.46. The Hall–Kier alpha value is -3.75. The number of primary amides is 1. The summed E-state index contributed by atoms with van der Waals surface area (Å²) < 4.78 is 1.68. The Balaban J connectivity index is 1.80. The van der Waals surface area contributed by atoms with Gasteiger partial charge in [0.15, 0.2) is 0 Å². The van der Waals surface area contributed by atoms with E-state index in [1.165, 1.54) is 0 Å². The van der Waals surface area contributed by atoms with Crippen molar-refractivity contribution < 1.29 is 9.59 Å². The number of nitrogens with zero attached hydrogens (tertiary/aromatic N) is 4. The third-order valence-corrected chi connectivity index (χ3v) is 3.78. The van der Waals surface area contributed by atoms with Gasteiger partial charge >= 0.3 is 0 Å². The van der Waals surface area contributed by atoms with E-state index in [1.807, 2.05) is 20.2 Å². The monoisotopic (exact) mass is 365 g/mol. The SMILES string of the molecule is Cc1cnc(Nc2cnn(C)c2)nc1-c1ccc(C(=O)NCC(N)=O)cc1. The molecule has 9 heteroatoms. The summed E-state index contributed by atoms with van der Waals surface area (Å²) in [6.45, 7) is 1.71. The summed E-state index contributed by atoms with van der Waals surface area (Å²) in [6.07, 6.45) is 5.24. The van der Waals surface area contributed by atoms with Crippen LogP contribution in [0.1, 0.15) is 15.9 Å². The fourth-order valence-corrected chi connectivity index (χ4v) is 2.46. The first-order chi connectivity index (χ1) is 12.9. The smallest absolute Gasteiger partial charge is 0.251 e. The Kier molecular flexibility index (Phi) is 5.11. The average molecular weight is 365 g/mol. The van der Waals surface area contributed by atoms with Crippen molar-refractivity contribution in [3.05, 3.63) is 54.0 Å². The molecule has 9 nitrogen and oxygen atoms in total. The van der Waals surface area contributed by atoms with Gasteiger partial charge in [0.2, 0.25) is 11.9 Å². The van der Waals surface area contributed by atoms with Gasteiger partial charge < -0.3 is 16.4 Å². The first-order valence-electron chi connectivity index (χ1n) is 8.18. The molecule has 0 aliphatic carbocycles. The first kappa shape index (κ1) is 18.1. The molecule has 2 amide bonds. The number of carbonyl (C=O) groups excluding carboxylic acids is 2. The Bertz CT molecular complexity index is 980. The zero-order chi connectivity index (χ0) is 19.4. The molecule has 0 atom stereocenters. The van der Waals surface area contributed by atoms with Crippen molar-refractivity contribution in [2.24, 2.45) is 12.8 Å². The lowest BCUT2D eigenvalue weighted by Gasteiger charge is -2.09. The second kappa shape index (κ2) is 7.65. The summed E-state index contributed by atoms with van der Waals surface area (Å²) in [7, 11) is 1.83. The predicted molar refractivity (Wildman–Crippen MR) is 100 cm³/mol. The molecule has 0 bridgehead atoms. The van der Waals surface area contributed by atoms with Gasteiger partial charge in [-0.2, -0.15) is 5.10 Å². The van der Waals surface area contributed by atoms with Crippen LogP contribution in [0.15, 0.2) is 42.9 Å². The average Bonchev–Trinajstić information content (AvgIpc) is 3.06. The van der Waals surface area contributed by atoms with Gasteiger partial charge in [-0.3, -0.25) is 14.3 Å². The number of aromatic nitrogens is 4. The van der Waals surface area contributed by atoms with Crippen LogP contribution in [0.2, 0.25) is 0 Å². The van der Waals surface area contributed by atoms with Crippen molar-refractivity contribution >= 4 is 23.5 Å². The Morgan fingerprint density at radius 2 is 1.93 bits per heavy atom. The number of aryl methyl sites for hydroxylation is 2. The summed E-state index contributed by atoms with van der Waals surface area (Å²) in [4.78, 5) is 31.6. The van der Waals surface area contributed by atoms with Gasteiger partial charge in [-0.05, 0) is 24.6 Å². The van der Waals surface area contributed by atoms with Gasteiger partial charge in [0.1, 0.15) is 0 Å². The van der Waals surface area contributed by atoms with Crippen LogP contribution in [-0.4, -0.2) is 38.1 Å². The lowest BCUT2D eigenvalue weighted by Crippen LogP contribution is -2.33. The normalized spacial score (nSPS) is 10.4. The molecule has 27 heavy (non-hydrogen) atoms. The van der Waals surface area contributed by atoms with Crippen molar-refractivity contribution in [2.75, 3.05) is 11.9 Å². The Morgan fingerprint density at radius 1 is 1.19 bits per heavy atom. The highest BCUT2D eigenvalue weighted by atomic mass is 16.2. The molecule has 0 saturated carbocycles. The van der Waals surface area contributed by atoms with Crippen LogP contribution in [0.25, 0.3) is 11.3 Å². The summed E-state index contributed by atoms with van der Waals surface area (Å²) in [5.74, 6) is -0.504. The summed E-state index contributed by atoms with van der Waals surface area (Å²) >= 11 is 0. The Labute approximate surface area is 155 Å². The molecule has 0 aliphatic heterocycles. The molecule has 0 saturated heterocycles. The summed E-state index contributed by atoms with van der Waals surface area (Å²) in [5, 5.41) is 9.65. The van der Waals surface area contributed by atoms with Gasteiger partial charge in [0.05, 0.1) is 24.1 Å². The zero-order valence-corrected chi connectivity index (χ0v) is 14.9. The molecule has 0 aliphatic rings. The van der Waals surface area contributed by atoms with E-state index in [-0.39, 0.29) is 12.5 Å². The Morgan fingerprint density at radius 3 is 2.56 bits per heavy atom. The maximum absolute atomic E-state index is 12.0. The molecule has 3 aromatic rings. The van der Waals surface area contributed by atoms with Crippen molar-refractivity contribution in [1.29, 1.82) is 0 Å². The van der Waals surface area contributed by atoms with Crippen LogP contribution < -0.4 is 16.4 Å². The minimum atomic E-state index is -0.592. The highest BCUT2D eigenvalue weighted by Crippen LogP contribution is 2.23. The van der Waals surface area contributed by atoms with E-state index in [0.29, 0.717) is 11.5 Å². The van der Waals surface area contributed by atoms with Gasteiger partial charge in [0, 0.05) is 30.6 Å². The van der Waals surface area contributed by atoms with Crippen LogP contribution >= 0.6 is 0 Å². The molecule has 0 unspecified atom stereocenters. The quantitative estimate of drug-likeness (QED) is 0.601. The number of nitrogens with two attached hydrogens (primary N) is 1. The summed E-state index contributed by atoms with van der Waals surface area (Å²) in [6, 6.07) is 6.92. The number of hydrogen-bond donors (Lipinski definition) is 3. The number of hydrogen-bond acceptors (Lipinski definition) is 6. The molecule has 138 valence electrons. The number of carbonyl (C=O) groups is 2. The number of anilines is 2. The van der Waals surface area contributed by atoms with E-state index >= 15 is 0 Å². The van der Waals surface area contributed by atoms with Crippen LogP contribution in [0.5, 0.6) is 0 Å². The topological polar surface area (TPSA) is 128 Å². The first-order valence-corrected chi connectivity index (χ1v) is 8.18. The lowest BCUT2D eigenvalue weighted by atomic mass is 10.1. The highest BCUT2D eigenvalue weighted by molar-refractivity contribution is 5.96. The lowest BCUT2D eigenvalue weighted by molar-refractivity contribution is -0.117.